The molecule has 0 radical (unpaired) electrons. The number of ether oxygens (including phenoxy) is 1. The van der Waals surface area contributed by atoms with E-state index in [0.29, 0.717) is 17.5 Å². The first-order chi connectivity index (χ1) is 12.1. The quantitative estimate of drug-likeness (QED) is 0.665. The minimum Gasteiger partial charge on any atom is -0.497 e. The molecule has 1 heterocycles. The third kappa shape index (κ3) is 4.61. The largest absolute Gasteiger partial charge is 0.497 e. The number of nitrogens with one attached hydrogen (secondary N) is 2. The lowest BCUT2D eigenvalue weighted by Crippen LogP contribution is -2.04. The van der Waals surface area contributed by atoms with Crippen molar-refractivity contribution >= 4 is 29.1 Å². The summed E-state index contributed by atoms with van der Waals surface area (Å²) in [6, 6.07) is 15.4. The zero-order valence-electron chi connectivity index (χ0n) is 14.1. The number of halogens is 1. The van der Waals surface area contributed by atoms with Gasteiger partial charge in [-0.2, -0.15) is 4.98 Å². The fourth-order valence-corrected chi connectivity index (χ4v) is 2.47. The average Bonchev–Trinajstić information content (AvgIpc) is 2.64. The molecule has 5 nitrogen and oxygen atoms in total. The Bertz CT molecular complexity index is 852. The molecule has 0 aliphatic rings. The molecule has 2 aromatic carbocycles. The second kappa shape index (κ2) is 7.85. The maximum atomic E-state index is 6.05. The lowest BCUT2D eigenvalue weighted by molar-refractivity contribution is 0.414. The molecule has 0 aliphatic heterocycles. The van der Waals surface area contributed by atoms with Gasteiger partial charge >= 0.3 is 0 Å². The van der Waals surface area contributed by atoms with Gasteiger partial charge in [0, 0.05) is 23.5 Å². The van der Waals surface area contributed by atoms with Gasteiger partial charge in [0.25, 0.3) is 0 Å². The number of hydrogen-bond donors (Lipinski definition) is 2. The van der Waals surface area contributed by atoms with Crippen LogP contribution in [0.15, 0.2) is 54.7 Å². The van der Waals surface area contributed by atoms with Crippen LogP contribution < -0.4 is 15.4 Å². The monoisotopic (exact) mass is 354 g/mol. The van der Waals surface area contributed by atoms with Crippen molar-refractivity contribution in [1.29, 1.82) is 0 Å². The molecule has 0 bridgehead atoms. The van der Waals surface area contributed by atoms with Gasteiger partial charge in [0.1, 0.15) is 11.6 Å². The molecule has 0 atom stereocenters. The Balaban J connectivity index is 1.67. The van der Waals surface area contributed by atoms with Crippen molar-refractivity contribution < 1.29 is 4.74 Å². The van der Waals surface area contributed by atoms with Crippen molar-refractivity contribution in [3.05, 3.63) is 70.9 Å². The van der Waals surface area contributed by atoms with E-state index >= 15 is 0 Å². The molecule has 0 saturated carbocycles. The summed E-state index contributed by atoms with van der Waals surface area (Å²) in [4.78, 5) is 8.75. The number of aromatic nitrogens is 2. The van der Waals surface area contributed by atoms with E-state index < -0.39 is 0 Å². The topological polar surface area (TPSA) is 59.1 Å². The van der Waals surface area contributed by atoms with E-state index in [-0.39, 0.29) is 0 Å². The van der Waals surface area contributed by atoms with Crippen LogP contribution in [0.5, 0.6) is 5.75 Å². The number of rotatable bonds is 6. The summed E-state index contributed by atoms with van der Waals surface area (Å²) < 4.78 is 5.16. The van der Waals surface area contributed by atoms with Gasteiger partial charge in [0.2, 0.25) is 5.95 Å². The minimum absolute atomic E-state index is 0.519. The summed E-state index contributed by atoms with van der Waals surface area (Å²) >= 11 is 6.05. The van der Waals surface area contributed by atoms with E-state index in [4.69, 9.17) is 16.3 Å². The zero-order chi connectivity index (χ0) is 17.6. The van der Waals surface area contributed by atoms with Crippen molar-refractivity contribution in [3.8, 4) is 5.75 Å². The average molecular weight is 355 g/mol. The van der Waals surface area contributed by atoms with Crippen LogP contribution in [-0.2, 0) is 6.54 Å². The predicted molar refractivity (Wildman–Crippen MR) is 102 cm³/mol. The molecule has 0 unspecified atom stereocenters. The van der Waals surface area contributed by atoms with Crippen molar-refractivity contribution in [1.82, 2.24) is 9.97 Å². The summed E-state index contributed by atoms with van der Waals surface area (Å²) in [6.45, 7) is 2.67. The standard InChI is InChI=1S/C19H19ClN4O/c1-13-3-6-15(20)11-17(13)23-19-21-10-9-18(24-19)22-12-14-4-7-16(25-2)8-5-14/h3-11H,12H2,1-2H3,(H2,21,22,23,24). The van der Waals surface area contributed by atoms with Crippen molar-refractivity contribution in [2.24, 2.45) is 0 Å². The Hall–Kier alpha value is -2.79. The Morgan fingerprint density at radius 2 is 1.88 bits per heavy atom. The normalized spacial score (nSPS) is 10.4. The fraction of sp³-hybridized carbons (Fsp3) is 0.158. The molecule has 0 amide bonds. The second-order valence-corrected chi connectivity index (χ2v) is 5.99. The number of aryl methyl sites for hydroxylation is 1. The van der Waals surface area contributed by atoms with E-state index in [1.54, 1.807) is 13.3 Å². The Labute approximate surface area is 152 Å². The van der Waals surface area contributed by atoms with Crippen LogP contribution in [0.3, 0.4) is 0 Å². The molecule has 25 heavy (non-hydrogen) atoms. The number of hydrogen-bond acceptors (Lipinski definition) is 5. The summed E-state index contributed by atoms with van der Waals surface area (Å²) in [6.07, 6.45) is 1.71. The third-order valence-corrected chi connectivity index (χ3v) is 3.97. The summed E-state index contributed by atoms with van der Waals surface area (Å²) in [5.41, 5.74) is 3.10. The molecular weight excluding hydrogens is 336 g/mol. The Morgan fingerprint density at radius 1 is 1.08 bits per heavy atom. The summed E-state index contributed by atoms with van der Waals surface area (Å²) in [5, 5.41) is 7.16. The van der Waals surface area contributed by atoms with Crippen LogP contribution in [0.1, 0.15) is 11.1 Å². The smallest absolute Gasteiger partial charge is 0.229 e. The van der Waals surface area contributed by atoms with E-state index in [1.165, 1.54) is 0 Å². The van der Waals surface area contributed by atoms with Gasteiger partial charge in [-0.1, -0.05) is 29.8 Å². The van der Waals surface area contributed by atoms with Crippen molar-refractivity contribution in [3.63, 3.8) is 0 Å². The molecule has 128 valence electrons. The maximum Gasteiger partial charge on any atom is 0.229 e. The first-order valence-corrected chi connectivity index (χ1v) is 8.25. The number of methoxy groups -OCH3 is 1. The molecule has 0 aliphatic carbocycles. The van der Waals surface area contributed by atoms with Crippen LogP contribution >= 0.6 is 11.6 Å². The Kier molecular flexibility index (Phi) is 5.36. The van der Waals surface area contributed by atoms with Gasteiger partial charge in [-0.05, 0) is 48.4 Å². The SMILES string of the molecule is COc1ccc(CNc2ccnc(Nc3cc(Cl)ccc3C)n2)cc1. The highest BCUT2D eigenvalue weighted by Gasteiger charge is 2.04. The van der Waals surface area contributed by atoms with E-state index in [2.05, 4.69) is 20.6 Å². The Morgan fingerprint density at radius 3 is 2.64 bits per heavy atom. The molecule has 0 saturated heterocycles. The lowest BCUT2D eigenvalue weighted by atomic mass is 10.2. The third-order valence-electron chi connectivity index (χ3n) is 3.73. The minimum atomic E-state index is 0.519. The van der Waals surface area contributed by atoms with Crippen LogP contribution in [0, 0.1) is 6.92 Å². The number of benzene rings is 2. The van der Waals surface area contributed by atoms with Gasteiger partial charge in [0.05, 0.1) is 7.11 Å². The second-order valence-electron chi connectivity index (χ2n) is 5.55. The van der Waals surface area contributed by atoms with Gasteiger partial charge in [-0.3, -0.25) is 0 Å². The van der Waals surface area contributed by atoms with Crippen LogP contribution in [0.25, 0.3) is 0 Å². The molecule has 3 rings (SSSR count). The molecule has 3 aromatic rings. The molecule has 0 spiro atoms. The summed E-state index contributed by atoms with van der Waals surface area (Å²) in [5.74, 6) is 2.10. The van der Waals surface area contributed by atoms with Crippen LogP contribution in [0.2, 0.25) is 5.02 Å². The van der Waals surface area contributed by atoms with Crippen molar-refractivity contribution in [2.75, 3.05) is 17.7 Å². The van der Waals surface area contributed by atoms with E-state index in [0.717, 1.165) is 28.4 Å². The molecule has 2 N–H and O–H groups in total. The number of anilines is 3. The maximum absolute atomic E-state index is 6.05. The van der Waals surface area contributed by atoms with Crippen molar-refractivity contribution in [2.45, 2.75) is 13.5 Å². The van der Waals surface area contributed by atoms with Crippen LogP contribution in [0.4, 0.5) is 17.5 Å². The molecule has 1 aromatic heterocycles. The first kappa shape index (κ1) is 17.0. The van der Waals surface area contributed by atoms with E-state index in [1.807, 2.05) is 55.5 Å². The van der Waals surface area contributed by atoms with Gasteiger partial charge in [0.15, 0.2) is 0 Å². The first-order valence-electron chi connectivity index (χ1n) is 7.87. The zero-order valence-corrected chi connectivity index (χ0v) is 14.8. The fourth-order valence-electron chi connectivity index (χ4n) is 2.30. The molecular formula is C19H19ClN4O. The highest BCUT2D eigenvalue weighted by Crippen LogP contribution is 2.23. The molecule has 6 heteroatoms. The summed E-state index contributed by atoms with van der Waals surface area (Å²) in [7, 11) is 1.66. The van der Waals surface area contributed by atoms with Crippen LogP contribution in [-0.4, -0.2) is 17.1 Å². The highest BCUT2D eigenvalue weighted by atomic mass is 35.5. The van der Waals surface area contributed by atoms with E-state index in [9.17, 15) is 0 Å². The van der Waals surface area contributed by atoms with Gasteiger partial charge in [-0.25, -0.2) is 4.98 Å². The molecule has 0 fully saturated rings. The highest BCUT2D eigenvalue weighted by molar-refractivity contribution is 6.30. The van der Waals surface area contributed by atoms with Gasteiger partial charge in [-0.15, -0.1) is 0 Å². The predicted octanol–water partition coefficient (Wildman–Crippen LogP) is 4.80. The van der Waals surface area contributed by atoms with Gasteiger partial charge < -0.3 is 15.4 Å². The number of nitrogens with zero attached hydrogens (tertiary/aromatic N) is 2. The lowest BCUT2D eigenvalue weighted by Gasteiger charge is -2.10.